The smallest absolute Gasteiger partial charge is 0.259 e. The molecule has 2 aromatic rings. The Labute approximate surface area is 139 Å². The zero-order valence-corrected chi connectivity index (χ0v) is 13.4. The minimum atomic E-state index is -0.263. The van der Waals surface area contributed by atoms with Gasteiger partial charge in [0.25, 0.3) is 5.91 Å². The van der Waals surface area contributed by atoms with Crippen molar-refractivity contribution in [2.75, 3.05) is 11.9 Å². The molecule has 6 heteroatoms. The Morgan fingerprint density at radius 3 is 2.55 bits per heavy atom. The van der Waals surface area contributed by atoms with E-state index in [0.717, 1.165) is 11.3 Å². The molecule has 0 bridgehead atoms. The molecule has 114 valence electrons. The molecule has 2 aromatic carbocycles. The highest BCUT2D eigenvalue weighted by atomic mass is 35.5. The Balaban J connectivity index is 1.86. The fourth-order valence-electron chi connectivity index (χ4n) is 1.78. The zero-order valence-electron chi connectivity index (χ0n) is 11.9. The maximum atomic E-state index is 11.7. The van der Waals surface area contributed by atoms with Gasteiger partial charge in [-0.2, -0.15) is 5.10 Å². The lowest BCUT2D eigenvalue weighted by Gasteiger charge is -2.06. The summed E-state index contributed by atoms with van der Waals surface area (Å²) >= 11 is 12.0. The zero-order chi connectivity index (χ0) is 15.9. The van der Waals surface area contributed by atoms with Gasteiger partial charge in [0.05, 0.1) is 22.8 Å². The van der Waals surface area contributed by atoms with Crippen molar-refractivity contribution in [3.05, 3.63) is 63.6 Å². The molecule has 0 radical (unpaired) electrons. The van der Waals surface area contributed by atoms with E-state index in [-0.39, 0.29) is 12.5 Å². The van der Waals surface area contributed by atoms with Gasteiger partial charge in [-0.1, -0.05) is 41.4 Å². The number of hydrazone groups is 1. The van der Waals surface area contributed by atoms with E-state index in [2.05, 4.69) is 15.8 Å². The molecule has 0 fully saturated rings. The van der Waals surface area contributed by atoms with Crippen molar-refractivity contribution < 1.29 is 4.79 Å². The number of carbonyl (C=O) groups is 1. The molecule has 0 saturated carbocycles. The summed E-state index contributed by atoms with van der Waals surface area (Å²) in [5, 5.41) is 7.83. The lowest BCUT2D eigenvalue weighted by molar-refractivity contribution is -0.119. The van der Waals surface area contributed by atoms with Gasteiger partial charge in [-0.05, 0) is 36.8 Å². The molecule has 2 N–H and O–H groups in total. The first-order chi connectivity index (χ1) is 10.6. The van der Waals surface area contributed by atoms with Crippen LogP contribution in [0.2, 0.25) is 10.0 Å². The van der Waals surface area contributed by atoms with Gasteiger partial charge >= 0.3 is 0 Å². The Morgan fingerprint density at radius 2 is 1.86 bits per heavy atom. The highest BCUT2D eigenvalue weighted by Gasteiger charge is 2.03. The Morgan fingerprint density at radius 1 is 1.18 bits per heavy atom. The number of anilines is 1. The Kier molecular flexibility index (Phi) is 5.81. The van der Waals surface area contributed by atoms with E-state index in [1.54, 1.807) is 18.2 Å². The summed E-state index contributed by atoms with van der Waals surface area (Å²) in [7, 11) is 0. The first-order valence-electron chi connectivity index (χ1n) is 6.63. The van der Waals surface area contributed by atoms with E-state index in [0.29, 0.717) is 15.6 Å². The van der Waals surface area contributed by atoms with Crippen LogP contribution in [0, 0.1) is 6.92 Å². The summed E-state index contributed by atoms with van der Waals surface area (Å²) in [5.41, 5.74) is 4.99. The van der Waals surface area contributed by atoms with E-state index in [4.69, 9.17) is 23.2 Å². The van der Waals surface area contributed by atoms with Gasteiger partial charge in [0.1, 0.15) is 0 Å². The second-order valence-electron chi connectivity index (χ2n) is 4.65. The van der Waals surface area contributed by atoms with Gasteiger partial charge < -0.3 is 5.32 Å². The molecule has 0 heterocycles. The van der Waals surface area contributed by atoms with Crippen LogP contribution >= 0.6 is 23.2 Å². The van der Waals surface area contributed by atoms with Crippen molar-refractivity contribution in [2.24, 2.45) is 5.10 Å². The molecule has 0 saturated heterocycles. The van der Waals surface area contributed by atoms with Gasteiger partial charge in [-0.15, -0.1) is 0 Å². The number of hydrogen-bond donors (Lipinski definition) is 2. The predicted molar refractivity (Wildman–Crippen MR) is 91.9 cm³/mol. The van der Waals surface area contributed by atoms with Crippen molar-refractivity contribution in [1.82, 2.24) is 5.43 Å². The van der Waals surface area contributed by atoms with Crippen LogP contribution in [0.25, 0.3) is 0 Å². The van der Waals surface area contributed by atoms with Crippen LogP contribution in [0.1, 0.15) is 11.1 Å². The number of halogens is 2. The minimum absolute atomic E-state index is 0.122. The number of hydrogen-bond acceptors (Lipinski definition) is 3. The van der Waals surface area contributed by atoms with E-state index in [1.165, 1.54) is 6.21 Å². The second kappa shape index (κ2) is 7.82. The van der Waals surface area contributed by atoms with Crippen molar-refractivity contribution in [3.63, 3.8) is 0 Å². The maximum Gasteiger partial charge on any atom is 0.259 e. The number of carbonyl (C=O) groups excluding carboxylic acids is 1. The summed E-state index contributed by atoms with van der Waals surface area (Å²) < 4.78 is 0. The van der Waals surface area contributed by atoms with Crippen LogP contribution in [0.3, 0.4) is 0 Å². The largest absolute Gasteiger partial charge is 0.376 e. The fraction of sp³-hybridized carbons (Fsp3) is 0.125. The second-order valence-corrected chi connectivity index (χ2v) is 5.47. The molecule has 0 aliphatic carbocycles. The standard InChI is InChI=1S/C16H15Cl2N3O/c1-11-4-2-5-12(8-11)19-10-16(22)21-20-9-13-14(17)6-3-7-15(13)18/h2-9,19H,10H2,1H3,(H,21,22)/b20-9-. The quantitative estimate of drug-likeness (QED) is 0.643. The maximum absolute atomic E-state index is 11.7. The molecule has 2 rings (SSSR count). The van der Waals surface area contributed by atoms with Crippen LogP contribution in [0.15, 0.2) is 47.6 Å². The number of benzene rings is 2. The first-order valence-corrected chi connectivity index (χ1v) is 7.38. The number of nitrogens with zero attached hydrogens (tertiary/aromatic N) is 1. The third-order valence-electron chi connectivity index (χ3n) is 2.85. The van der Waals surface area contributed by atoms with Gasteiger partial charge in [0, 0.05) is 11.3 Å². The van der Waals surface area contributed by atoms with E-state index in [1.807, 2.05) is 31.2 Å². The van der Waals surface area contributed by atoms with Crippen molar-refractivity contribution in [1.29, 1.82) is 0 Å². The van der Waals surface area contributed by atoms with Gasteiger partial charge in [-0.3, -0.25) is 4.79 Å². The Hall–Kier alpha value is -2.04. The molecule has 0 atom stereocenters. The van der Waals surface area contributed by atoms with Crippen molar-refractivity contribution >= 4 is 41.0 Å². The monoisotopic (exact) mass is 335 g/mol. The van der Waals surface area contributed by atoms with Crippen LogP contribution in [-0.4, -0.2) is 18.7 Å². The topological polar surface area (TPSA) is 53.5 Å². The summed E-state index contributed by atoms with van der Waals surface area (Å²) in [5.74, 6) is -0.263. The van der Waals surface area contributed by atoms with Gasteiger partial charge in [0.15, 0.2) is 0 Å². The number of nitrogens with one attached hydrogen (secondary N) is 2. The fourth-order valence-corrected chi connectivity index (χ4v) is 2.27. The summed E-state index contributed by atoms with van der Waals surface area (Å²) in [6.45, 7) is 2.11. The molecule has 0 unspecified atom stereocenters. The molecule has 22 heavy (non-hydrogen) atoms. The molecule has 0 aliphatic heterocycles. The van der Waals surface area contributed by atoms with Crippen LogP contribution in [0.4, 0.5) is 5.69 Å². The highest BCUT2D eigenvalue weighted by Crippen LogP contribution is 2.21. The highest BCUT2D eigenvalue weighted by molar-refractivity contribution is 6.38. The van der Waals surface area contributed by atoms with E-state index in [9.17, 15) is 4.79 Å². The third-order valence-corrected chi connectivity index (χ3v) is 3.51. The first kappa shape index (κ1) is 16.3. The number of rotatable bonds is 5. The molecule has 4 nitrogen and oxygen atoms in total. The SMILES string of the molecule is Cc1cccc(NCC(=O)N/N=C\c2c(Cl)cccc2Cl)c1. The van der Waals surface area contributed by atoms with Gasteiger partial charge in [-0.25, -0.2) is 5.43 Å². The average molecular weight is 336 g/mol. The minimum Gasteiger partial charge on any atom is -0.376 e. The predicted octanol–water partition coefficient (Wildman–Crippen LogP) is 3.86. The van der Waals surface area contributed by atoms with Crippen molar-refractivity contribution in [3.8, 4) is 0 Å². The summed E-state index contributed by atoms with van der Waals surface area (Å²) in [6, 6.07) is 12.9. The Bertz CT molecular complexity index is 681. The molecule has 0 aromatic heterocycles. The molecule has 0 aliphatic rings. The van der Waals surface area contributed by atoms with Crippen LogP contribution in [-0.2, 0) is 4.79 Å². The number of aryl methyl sites for hydroxylation is 1. The summed E-state index contributed by atoms with van der Waals surface area (Å²) in [6.07, 6.45) is 1.43. The van der Waals surface area contributed by atoms with Crippen molar-refractivity contribution in [2.45, 2.75) is 6.92 Å². The molecule has 1 amide bonds. The normalized spacial score (nSPS) is 10.7. The van der Waals surface area contributed by atoms with E-state index >= 15 is 0 Å². The number of amides is 1. The lowest BCUT2D eigenvalue weighted by Crippen LogP contribution is -2.25. The molecular formula is C16H15Cl2N3O. The average Bonchev–Trinajstić information content (AvgIpc) is 2.48. The van der Waals surface area contributed by atoms with E-state index < -0.39 is 0 Å². The van der Waals surface area contributed by atoms with Crippen LogP contribution < -0.4 is 10.7 Å². The third kappa shape index (κ3) is 4.76. The van der Waals surface area contributed by atoms with Gasteiger partial charge in [0.2, 0.25) is 0 Å². The lowest BCUT2D eigenvalue weighted by atomic mass is 10.2. The summed E-state index contributed by atoms with van der Waals surface area (Å²) in [4.78, 5) is 11.7. The molecule has 0 spiro atoms. The molecular weight excluding hydrogens is 321 g/mol. The van der Waals surface area contributed by atoms with Crippen LogP contribution in [0.5, 0.6) is 0 Å².